The molecule has 0 spiro atoms. The predicted octanol–water partition coefficient (Wildman–Crippen LogP) is 2.29. The lowest BCUT2D eigenvalue weighted by Crippen LogP contribution is -2.44. The lowest BCUT2D eigenvalue weighted by molar-refractivity contribution is -0.122. The van der Waals surface area contributed by atoms with Crippen LogP contribution in [0.15, 0.2) is 28.8 Å². The molecule has 1 aromatic carbocycles. The van der Waals surface area contributed by atoms with Crippen molar-refractivity contribution in [3.8, 4) is 11.5 Å². The minimum Gasteiger partial charge on any atom is -0.355 e. The van der Waals surface area contributed by atoms with Crippen LogP contribution in [0.4, 0.5) is 0 Å². The van der Waals surface area contributed by atoms with Crippen LogP contribution in [0, 0.1) is 0 Å². The third-order valence-corrected chi connectivity index (χ3v) is 3.59. The number of aromatic nitrogens is 2. The maximum atomic E-state index is 12.6. The summed E-state index contributed by atoms with van der Waals surface area (Å²) in [5, 5.41) is 9.36. The molecule has 1 unspecified atom stereocenters. The molecule has 134 valence electrons. The molecule has 7 nitrogen and oxygen atoms in total. The molecule has 0 fully saturated rings. The highest BCUT2D eigenvalue weighted by molar-refractivity contribution is 6.02. The summed E-state index contributed by atoms with van der Waals surface area (Å²) in [6, 6.07) is 6.30. The zero-order valence-electron chi connectivity index (χ0n) is 15.2. The minimum absolute atomic E-state index is 0.235. The highest BCUT2D eigenvalue weighted by atomic mass is 16.5. The molecule has 0 saturated heterocycles. The quantitative estimate of drug-likeness (QED) is 0.867. The van der Waals surface area contributed by atoms with Gasteiger partial charge in [0.05, 0.1) is 11.1 Å². The van der Waals surface area contributed by atoms with Crippen molar-refractivity contribution in [2.45, 2.75) is 46.1 Å². The molecular weight excluding hydrogens is 320 g/mol. The number of carbonyl (C=O) groups is 2. The molecule has 1 aromatic heterocycles. The summed E-state index contributed by atoms with van der Waals surface area (Å²) in [5.41, 5.74) is 0.653. The van der Waals surface area contributed by atoms with Crippen LogP contribution in [0.2, 0.25) is 0 Å². The van der Waals surface area contributed by atoms with Crippen molar-refractivity contribution in [2.24, 2.45) is 0 Å². The molecule has 25 heavy (non-hydrogen) atoms. The van der Waals surface area contributed by atoms with Crippen molar-refractivity contribution in [1.82, 2.24) is 20.8 Å². The van der Waals surface area contributed by atoms with Crippen LogP contribution < -0.4 is 10.6 Å². The fourth-order valence-electron chi connectivity index (χ4n) is 2.17. The number of hydrogen-bond donors (Lipinski definition) is 2. The minimum atomic E-state index is -0.645. The molecule has 0 aliphatic rings. The topological polar surface area (TPSA) is 97.1 Å². The van der Waals surface area contributed by atoms with E-state index in [-0.39, 0.29) is 23.1 Å². The summed E-state index contributed by atoms with van der Waals surface area (Å²) in [5.74, 6) is 0.237. The van der Waals surface area contributed by atoms with Gasteiger partial charge in [0.25, 0.3) is 11.8 Å². The van der Waals surface area contributed by atoms with Gasteiger partial charge in [0.15, 0.2) is 5.82 Å². The van der Waals surface area contributed by atoms with E-state index in [0.29, 0.717) is 23.5 Å². The standard InChI is InChI=1S/C18H24N4O3/c1-6-19-14(23)11(2)20-15(24)12-9-7-8-10-13(12)16-21-17(22-25-16)18(3,4)5/h7-11H,6H2,1-5H3,(H,19,23)(H,20,24). The third-order valence-electron chi connectivity index (χ3n) is 3.59. The first-order valence-electron chi connectivity index (χ1n) is 8.26. The Bertz CT molecular complexity index is 762. The SMILES string of the molecule is CCNC(=O)C(C)NC(=O)c1ccccc1-c1nc(C(C)(C)C)no1. The molecule has 7 heteroatoms. The molecule has 0 radical (unpaired) electrons. The third kappa shape index (κ3) is 4.43. The van der Waals surface area contributed by atoms with Gasteiger partial charge in [0, 0.05) is 12.0 Å². The summed E-state index contributed by atoms with van der Waals surface area (Å²) >= 11 is 0. The van der Waals surface area contributed by atoms with E-state index < -0.39 is 6.04 Å². The number of hydrogen-bond acceptors (Lipinski definition) is 5. The smallest absolute Gasteiger partial charge is 0.258 e. The molecular formula is C18H24N4O3. The summed E-state index contributed by atoms with van der Waals surface area (Å²) in [7, 11) is 0. The molecule has 2 amide bonds. The normalized spacial score (nSPS) is 12.5. The molecule has 0 saturated carbocycles. The molecule has 1 heterocycles. The van der Waals surface area contributed by atoms with E-state index in [1.807, 2.05) is 27.7 Å². The Morgan fingerprint density at radius 3 is 2.52 bits per heavy atom. The zero-order valence-corrected chi connectivity index (χ0v) is 15.2. The summed E-state index contributed by atoms with van der Waals surface area (Å²) in [6.45, 7) is 9.91. The van der Waals surface area contributed by atoms with Gasteiger partial charge in [-0.25, -0.2) is 0 Å². The Hall–Kier alpha value is -2.70. The predicted molar refractivity (Wildman–Crippen MR) is 94.0 cm³/mol. The lowest BCUT2D eigenvalue weighted by atomic mass is 9.96. The van der Waals surface area contributed by atoms with Crippen molar-refractivity contribution in [3.63, 3.8) is 0 Å². The number of carbonyl (C=O) groups excluding carboxylic acids is 2. The van der Waals surface area contributed by atoms with Gasteiger partial charge in [-0.15, -0.1) is 0 Å². The number of amides is 2. The van der Waals surface area contributed by atoms with Crippen LogP contribution in [0.3, 0.4) is 0 Å². The fraction of sp³-hybridized carbons (Fsp3) is 0.444. The Labute approximate surface area is 147 Å². The zero-order chi connectivity index (χ0) is 18.6. The van der Waals surface area contributed by atoms with E-state index >= 15 is 0 Å². The Morgan fingerprint density at radius 1 is 1.24 bits per heavy atom. The van der Waals surface area contributed by atoms with Crippen molar-refractivity contribution >= 4 is 11.8 Å². The first-order valence-corrected chi connectivity index (χ1v) is 8.26. The van der Waals surface area contributed by atoms with Gasteiger partial charge >= 0.3 is 0 Å². The number of nitrogens with one attached hydrogen (secondary N) is 2. The summed E-state index contributed by atoms with van der Waals surface area (Å²) in [4.78, 5) is 28.8. The second kappa shape index (κ2) is 7.46. The van der Waals surface area contributed by atoms with Gasteiger partial charge in [-0.05, 0) is 26.0 Å². The number of nitrogens with zero attached hydrogens (tertiary/aromatic N) is 2. The van der Waals surface area contributed by atoms with Crippen molar-refractivity contribution < 1.29 is 14.1 Å². The van der Waals surface area contributed by atoms with Crippen molar-refractivity contribution in [1.29, 1.82) is 0 Å². The lowest BCUT2D eigenvalue weighted by Gasteiger charge is -2.14. The van der Waals surface area contributed by atoms with Gasteiger partial charge in [-0.3, -0.25) is 9.59 Å². The van der Waals surface area contributed by atoms with E-state index in [1.54, 1.807) is 31.2 Å². The first-order chi connectivity index (χ1) is 11.7. The van der Waals surface area contributed by atoms with E-state index in [0.717, 1.165) is 0 Å². The fourth-order valence-corrected chi connectivity index (χ4v) is 2.17. The summed E-state index contributed by atoms with van der Waals surface area (Å²) < 4.78 is 5.34. The van der Waals surface area contributed by atoms with Crippen molar-refractivity contribution in [3.05, 3.63) is 35.7 Å². The highest BCUT2D eigenvalue weighted by Gasteiger charge is 2.24. The average molecular weight is 344 g/mol. The van der Waals surface area contributed by atoms with E-state index in [4.69, 9.17) is 4.52 Å². The van der Waals surface area contributed by atoms with Crippen LogP contribution in [-0.2, 0) is 10.2 Å². The molecule has 1 atom stereocenters. The van der Waals surface area contributed by atoms with Crippen LogP contribution in [0.1, 0.15) is 50.8 Å². The van der Waals surface area contributed by atoms with Gasteiger partial charge in [0.2, 0.25) is 5.91 Å². The molecule has 0 aliphatic heterocycles. The largest absolute Gasteiger partial charge is 0.355 e. The van der Waals surface area contributed by atoms with E-state index in [9.17, 15) is 9.59 Å². The first kappa shape index (κ1) is 18.6. The van der Waals surface area contributed by atoms with Gasteiger partial charge < -0.3 is 15.2 Å². The van der Waals surface area contributed by atoms with Gasteiger partial charge in [0.1, 0.15) is 6.04 Å². The summed E-state index contributed by atoms with van der Waals surface area (Å²) in [6.07, 6.45) is 0. The van der Waals surface area contributed by atoms with Gasteiger partial charge in [-0.1, -0.05) is 38.1 Å². The second-order valence-corrected chi connectivity index (χ2v) is 6.81. The number of benzene rings is 1. The molecule has 0 aliphatic carbocycles. The highest BCUT2D eigenvalue weighted by Crippen LogP contribution is 2.26. The van der Waals surface area contributed by atoms with Crippen LogP contribution in [0.5, 0.6) is 0 Å². The second-order valence-electron chi connectivity index (χ2n) is 6.81. The Balaban J connectivity index is 2.27. The molecule has 2 aromatic rings. The van der Waals surface area contributed by atoms with Crippen molar-refractivity contribution in [2.75, 3.05) is 6.54 Å². The number of likely N-dealkylation sites (N-methyl/N-ethyl adjacent to an activating group) is 1. The molecule has 2 rings (SSSR count). The molecule has 2 N–H and O–H groups in total. The maximum Gasteiger partial charge on any atom is 0.258 e. The van der Waals surface area contributed by atoms with E-state index in [2.05, 4.69) is 20.8 Å². The Kier molecular flexibility index (Phi) is 5.56. The van der Waals surface area contributed by atoms with Crippen LogP contribution in [0.25, 0.3) is 11.5 Å². The van der Waals surface area contributed by atoms with Gasteiger partial charge in [-0.2, -0.15) is 4.98 Å². The van der Waals surface area contributed by atoms with E-state index in [1.165, 1.54) is 0 Å². The molecule has 0 bridgehead atoms. The number of rotatable bonds is 5. The van der Waals surface area contributed by atoms with Crippen LogP contribution in [-0.4, -0.2) is 34.5 Å². The maximum absolute atomic E-state index is 12.6. The van der Waals surface area contributed by atoms with Crippen LogP contribution >= 0.6 is 0 Å². The monoisotopic (exact) mass is 344 g/mol. The Morgan fingerprint density at radius 2 is 1.92 bits per heavy atom. The average Bonchev–Trinajstić information content (AvgIpc) is 3.05.